The Morgan fingerprint density at radius 1 is 0.917 bits per heavy atom. The van der Waals surface area contributed by atoms with E-state index >= 15 is 0 Å². The van der Waals surface area contributed by atoms with Crippen molar-refractivity contribution in [2.45, 2.75) is 20.4 Å². The van der Waals surface area contributed by atoms with Crippen LogP contribution in [0.5, 0.6) is 11.5 Å². The molecule has 3 aromatic rings. The van der Waals surface area contributed by atoms with Crippen molar-refractivity contribution < 1.29 is 23.9 Å². The molecule has 0 spiro atoms. The molecule has 0 aromatic heterocycles. The standard InChI is InChI=1S/C27H28N4O5/c1-18-7-8-19(2)24(13-18)30-25(32)17-36-23-6-4-5-21(14-23)16-29-31-27(34)26(33)28-15-20-9-11-22(35-3)12-10-20/h4-14,16H,15,17H2,1-3H3,(H,28,33)(H,30,32)(H,31,34)/b29-16-. The Morgan fingerprint density at radius 3 is 2.44 bits per heavy atom. The first-order valence-electron chi connectivity index (χ1n) is 11.2. The van der Waals surface area contributed by atoms with Crippen molar-refractivity contribution in [1.29, 1.82) is 0 Å². The number of anilines is 1. The zero-order valence-corrected chi connectivity index (χ0v) is 20.3. The van der Waals surface area contributed by atoms with E-state index in [1.807, 2.05) is 32.0 Å². The van der Waals surface area contributed by atoms with E-state index in [2.05, 4.69) is 21.2 Å². The molecule has 3 N–H and O–H groups in total. The first kappa shape index (κ1) is 26.0. The number of nitrogens with one attached hydrogen (secondary N) is 3. The van der Waals surface area contributed by atoms with Crippen LogP contribution >= 0.6 is 0 Å². The molecule has 186 valence electrons. The van der Waals surface area contributed by atoms with Crippen LogP contribution in [0.1, 0.15) is 22.3 Å². The largest absolute Gasteiger partial charge is 0.497 e. The van der Waals surface area contributed by atoms with Gasteiger partial charge in [0.15, 0.2) is 6.61 Å². The number of rotatable bonds is 9. The van der Waals surface area contributed by atoms with Crippen LogP contribution in [-0.2, 0) is 20.9 Å². The van der Waals surface area contributed by atoms with E-state index in [0.29, 0.717) is 17.1 Å². The summed E-state index contributed by atoms with van der Waals surface area (Å²) in [5.41, 5.74) is 6.37. The summed E-state index contributed by atoms with van der Waals surface area (Å²) in [5, 5.41) is 9.17. The Labute approximate surface area is 209 Å². The van der Waals surface area contributed by atoms with Gasteiger partial charge in [0.2, 0.25) is 0 Å². The van der Waals surface area contributed by atoms with Gasteiger partial charge in [0.1, 0.15) is 11.5 Å². The number of carbonyl (C=O) groups is 3. The van der Waals surface area contributed by atoms with Crippen molar-refractivity contribution in [3.8, 4) is 11.5 Å². The Bertz CT molecular complexity index is 1260. The zero-order chi connectivity index (χ0) is 25.9. The highest BCUT2D eigenvalue weighted by Gasteiger charge is 2.12. The molecule has 0 heterocycles. The van der Waals surface area contributed by atoms with Gasteiger partial charge in [-0.25, -0.2) is 5.43 Å². The number of amides is 3. The molecule has 3 aromatic carbocycles. The van der Waals surface area contributed by atoms with Gasteiger partial charge in [-0.05, 0) is 66.4 Å². The number of hydrazone groups is 1. The number of benzene rings is 3. The molecule has 0 atom stereocenters. The van der Waals surface area contributed by atoms with Gasteiger partial charge in [-0.15, -0.1) is 0 Å². The van der Waals surface area contributed by atoms with Crippen molar-refractivity contribution in [2.24, 2.45) is 5.10 Å². The number of hydrogen-bond donors (Lipinski definition) is 3. The second-order valence-electron chi connectivity index (χ2n) is 7.96. The summed E-state index contributed by atoms with van der Waals surface area (Å²) in [5.74, 6) is -0.827. The lowest BCUT2D eigenvalue weighted by Gasteiger charge is -2.10. The van der Waals surface area contributed by atoms with Gasteiger partial charge in [-0.2, -0.15) is 5.10 Å². The maximum absolute atomic E-state index is 12.3. The van der Waals surface area contributed by atoms with Crippen molar-refractivity contribution in [2.75, 3.05) is 19.0 Å². The van der Waals surface area contributed by atoms with Crippen molar-refractivity contribution in [3.05, 3.63) is 89.0 Å². The van der Waals surface area contributed by atoms with Crippen LogP contribution in [0.15, 0.2) is 71.8 Å². The van der Waals surface area contributed by atoms with Crippen LogP contribution in [0.2, 0.25) is 0 Å². The van der Waals surface area contributed by atoms with Gasteiger partial charge >= 0.3 is 11.8 Å². The quantitative estimate of drug-likeness (QED) is 0.243. The van der Waals surface area contributed by atoms with Gasteiger partial charge in [0.05, 0.1) is 13.3 Å². The predicted octanol–water partition coefficient (Wildman–Crippen LogP) is 3.10. The molecule has 9 nitrogen and oxygen atoms in total. The highest BCUT2D eigenvalue weighted by atomic mass is 16.5. The molecule has 0 bridgehead atoms. The normalized spacial score (nSPS) is 10.5. The molecule has 0 unspecified atom stereocenters. The van der Waals surface area contributed by atoms with E-state index in [-0.39, 0.29) is 19.1 Å². The Hall–Kier alpha value is -4.66. The summed E-state index contributed by atoms with van der Waals surface area (Å²) in [7, 11) is 1.57. The fraction of sp³-hybridized carbons (Fsp3) is 0.185. The van der Waals surface area contributed by atoms with Crippen molar-refractivity contribution in [3.63, 3.8) is 0 Å². The number of nitrogens with zero attached hydrogens (tertiary/aromatic N) is 1. The minimum absolute atomic E-state index is 0.168. The Kier molecular flexibility index (Phi) is 9.16. The van der Waals surface area contributed by atoms with Gasteiger partial charge in [0.25, 0.3) is 5.91 Å². The van der Waals surface area contributed by atoms with Gasteiger partial charge in [-0.3, -0.25) is 14.4 Å². The monoisotopic (exact) mass is 488 g/mol. The van der Waals surface area contributed by atoms with E-state index in [0.717, 1.165) is 22.4 Å². The maximum Gasteiger partial charge on any atom is 0.329 e. The molecule has 0 fully saturated rings. The predicted molar refractivity (Wildman–Crippen MR) is 137 cm³/mol. The molecule has 0 aliphatic heterocycles. The van der Waals surface area contributed by atoms with E-state index in [4.69, 9.17) is 9.47 Å². The number of aryl methyl sites for hydroxylation is 2. The molecular weight excluding hydrogens is 460 g/mol. The third-order valence-electron chi connectivity index (χ3n) is 5.09. The molecule has 9 heteroatoms. The molecule has 0 aliphatic rings. The summed E-state index contributed by atoms with van der Waals surface area (Å²) in [4.78, 5) is 36.2. The van der Waals surface area contributed by atoms with E-state index < -0.39 is 11.8 Å². The van der Waals surface area contributed by atoms with Crippen LogP contribution in [0.4, 0.5) is 5.69 Å². The third-order valence-corrected chi connectivity index (χ3v) is 5.09. The first-order chi connectivity index (χ1) is 17.3. The minimum atomic E-state index is -0.893. The molecule has 0 saturated heterocycles. The van der Waals surface area contributed by atoms with Crippen LogP contribution in [0.3, 0.4) is 0 Å². The highest BCUT2D eigenvalue weighted by molar-refractivity contribution is 6.35. The van der Waals surface area contributed by atoms with Crippen molar-refractivity contribution in [1.82, 2.24) is 10.7 Å². The summed E-state index contributed by atoms with van der Waals surface area (Å²) in [6.07, 6.45) is 1.37. The van der Waals surface area contributed by atoms with Crippen LogP contribution < -0.4 is 25.5 Å². The van der Waals surface area contributed by atoms with E-state index in [9.17, 15) is 14.4 Å². The topological polar surface area (TPSA) is 118 Å². The fourth-order valence-corrected chi connectivity index (χ4v) is 3.11. The van der Waals surface area contributed by atoms with Crippen LogP contribution in [-0.4, -0.2) is 37.7 Å². The lowest BCUT2D eigenvalue weighted by molar-refractivity contribution is -0.139. The smallest absolute Gasteiger partial charge is 0.329 e. The fourth-order valence-electron chi connectivity index (χ4n) is 3.11. The Morgan fingerprint density at radius 2 is 1.69 bits per heavy atom. The lowest BCUT2D eigenvalue weighted by Crippen LogP contribution is -2.37. The van der Waals surface area contributed by atoms with Gasteiger partial charge in [0, 0.05) is 12.2 Å². The zero-order valence-electron chi connectivity index (χ0n) is 20.3. The summed E-state index contributed by atoms with van der Waals surface area (Å²) in [6.45, 7) is 3.90. The van der Waals surface area contributed by atoms with Crippen LogP contribution in [0, 0.1) is 13.8 Å². The molecule has 0 aliphatic carbocycles. The molecular formula is C27H28N4O5. The number of hydrogen-bond acceptors (Lipinski definition) is 6. The minimum Gasteiger partial charge on any atom is -0.497 e. The second-order valence-corrected chi connectivity index (χ2v) is 7.96. The number of ether oxygens (including phenoxy) is 2. The lowest BCUT2D eigenvalue weighted by atomic mass is 10.1. The first-order valence-corrected chi connectivity index (χ1v) is 11.2. The summed E-state index contributed by atoms with van der Waals surface area (Å²) >= 11 is 0. The van der Waals surface area contributed by atoms with E-state index in [1.54, 1.807) is 55.6 Å². The average Bonchev–Trinajstić information content (AvgIpc) is 2.88. The van der Waals surface area contributed by atoms with Crippen molar-refractivity contribution >= 4 is 29.6 Å². The van der Waals surface area contributed by atoms with E-state index in [1.165, 1.54) is 6.21 Å². The third kappa shape index (κ3) is 7.98. The van der Waals surface area contributed by atoms with Gasteiger partial charge in [-0.1, -0.05) is 36.4 Å². The average molecular weight is 489 g/mol. The number of carbonyl (C=O) groups excluding carboxylic acids is 3. The molecule has 3 rings (SSSR count). The molecule has 0 radical (unpaired) electrons. The molecule has 3 amide bonds. The maximum atomic E-state index is 12.3. The second kappa shape index (κ2) is 12.7. The van der Waals surface area contributed by atoms with Crippen LogP contribution in [0.25, 0.3) is 0 Å². The highest BCUT2D eigenvalue weighted by Crippen LogP contribution is 2.17. The molecule has 0 saturated carbocycles. The van der Waals surface area contributed by atoms with Gasteiger partial charge < -0.3 is 20.1 Å². The SMILES string of the molecule is COc1ccc(CNC(=O)C(=O)N/N=C\c2cccc(OCC(=O)Nc3cc(C)ccc3C)c2)cc1. The number of methoxy groups -OCH3 is 1. The Balaban J connectivity index is 1.45. The summed E-state index contributed by atoms with van der Waals surface area (Å²) in [6, 6.07) is 19.8. The summed E-state index contributed by atoms with van der Waals surface area (Å²) < 4.78 is 10.7. The molecule has 36 heavy (non-hydrogen) atoms.